The molecule has 0 atom stereocenters. The van der Waals surface area contributed by atoms with Crippen molar-refractivity contribution in [3.05, 3.63) is 45.0 Å². The van der Waals surface area contributed by atoms with Gasteiger partial charge < -0.3 is 0 Å². The van der Waals surface area contributed by atoms with Crippen molar-refractivity contribution in [1.29, 1.82) is 0 Å². The van der Waals surface area contributed by atoms with Crippen molar-refractivity contribution in [1.82, 2.24) is 4.90 Å². The Morgan fingerprint density at radius 1 is 0.649 bits per heavy atom. The van der Waals surface area contributed by atoms with Crippen LogP contribution < -0.4 is 0 Å². The second-order valence-corrected chi connectivity index (χ2v) is 8.71. The molecule has 37 heavy (non-hydrogen) atoms. The van der Waals surface area contributed by atoms with E-state index in [2.05, 4.69) is 0 Å². The number of carbonyl (C=O) groups is 2. The molecule has 0 bridgehead atoms. The SMILES string of the molecule is O=C1c2ccccc2C(=O)N1CC(I)=CC(F)(F)C(F)(F)C(F)(F)C(F)(F)C(F)(F)C(F)(F)C(F)(F)F. The summed E-state index contributed by atoms with van der Waals surface area (Å²) < 4.78 is 198. The monoisotopic (exact) mass is 681 g/mol. The molecule has 0 unspecified atom stereocenters. The smallest absolute Gasteiger partial charge is 0.269 e. The van der Waals surface area contributed by atoms with Crippen LogP contribution in [-0.2, 0) is 0 Å². The molecule has 1 aliphatic rings. The molecule has 0 spiro atoms. The Labute approximate surface area is 208 Å². The van der Waals surface area contributed by atoms with Gasteiger partial charge in [0.05, 0.1) is 17.7 Å². The molecule has 19 heteroatoms. The molecule has 0 saturated heterocycles. The summed E-state index contributed by atoms with van der Waals surface area (Å²) in [5.41, 5.74) is -0.597. The highest BCUT2D eigenvalue weighted by atomic mass is 127. The van der Waals surface area contributed by atoms with Crippen molar-refractivity contribution in [3.8, 4) is 0 Å². The Morgan fingerprint density at radius 2 is 1.00 bits per heavy atom. The van der Waals surface area contributed by atoms with Crippen LogP contribution in [0.2, 0.25) is 0 Å². The number of benzene rings is 1. The van der Waals surface area contributed by atoms with Crippen molar-refractivity contribution in [2.75, 3.05) is 6.54 Å². The lowest BCUT2D eigenvalue weighted by molar-refractivity contribution is -0.449. The molecule has 0 saturated carbocycles. The van der Waals surface area contributed by atoms with Gasteiger partial charge in [-0.25, -0.2) is 0 Å². The van der Waals surface area contributed by atoms with Gasteiger partial charge in [0.1, 0.15) is 0 Å². The molecule has 3 nitrogen and oxygen atoms in total. The number of nitrogens with zero attached hydrogens (tertiary/aromatic N) is 1. The number of carbonyl (C=O) groups excluding carboxylic acids is 2. The van der Waals surface area contributed by atoms with Crippen LogP contribution >= 0.6 is 22.6 Å². The van der Waals surface area contributed by atoms with E-state index in [4.69, 9.17) is 0 Å². The molecule has 208 valence electrons. The van der Waals surface area contributed by atoms with Gasteiger partial charge >= 0.3 is 41.7 Å². The fourth-order valence-electron chi connectivity index (χ4n) is 2.85. The number of hydrogen-bond donors (Lipinski definition) is 0. The Balaban J connectivity index is 2.45. The number of alkyl halides is 15. The fourth-order valence-corrected chi connectivity index (χ4v) is 3.58. The summed E-state index contributed by atoms with van der Waals surface area (Å²) >= 11 is 0.657. The van der Waals surface area contributed by atoms with Crippen LogP contribution in [0.4, 0.5) is 65.9 Å². The molecule has 1 heterocycles. The number of rotatable bonds is 8. The molecule has 0 aromatic heterocycles. The van der Waals surface area contributed by atoms with Gasteiger partial charge in [-0.05, 0) is 34.7 Å². The number of halogens is 16. The summed E-state index contributed by atoms with van der Waals surface area (Å²) in [7, 11) is 0. The molecular formula is C18H7F15INO2. The van der Waals surface area contributed by atoms with Crippen molar-refractivity contribution in [2.24, 2.45) is 0 Å². The maximum Gasteiger partial charge on any atom is 0.460 e. The minimum absolute atomic E-state index is 0.127. The molecule has 1 aromatic rings. The molecular weight excluding hydrogens is 674 g/mol. The van der Waals surface area contributed by atoms with E-state index in [1.54, 1.807) is 0 Å². The first-order valence-electron chi connectivity index (χ1n) is 8.95. The third-order valence-corrected chi connectivity index (χ3v) is 5.53. The average Bonchev–Trinajstić information content (AvgIpc) is 2.97. The van der Waals surface area contributed by atoms with Gasteiger partial charge in [-0.3, -0.25) is 14.5 Å². The van der Waals surface area contributed by atoms with Crippen LogP contribution in [-0.4, -0.2) is 65.0 Å². The number of hydrogen-bond acceptors (Lipinski definition) is 2. The zero-order valence-electron chi connectivity index (χ0n) is 16.9. The van der Waals surface area contributed by atoms with Crippen LogP contribution in [0.5, 0.6) is 0 Å². The van der Waals surface area contributed by atoms with E-state index < -0.39 is 69.7 Å². The molecule has 0 N–H and O–H groups in total. The first-order valence-corrected chi connectivity index (χ1v) is 10.0. The largest absolute Gasteiger partial charge is 0.460 e. The van der Waals surface area contributed by atoms with Gasteiger partial charge in [0.25, 0.3) is 11.8 Å². The Bertz CT molecular complexity index is 1090. The second kappa shape index (κ2) is 8.92. The van der Waals surface area contributed by atoms with Gasteiger partial charge in [-0.1, -0.05) is 12.1 Å². The highest BCUT2D eigenvalue weighted by Gasteiger charge is 2.93. The van der Waals surface area contributed by atoms with Crippen molar-refractivity contribution >= 4 is 34.4 Å². The van der Waals surface area contributed by atoms with E-state index in [1.165, 1.54) is 12.1 Å². The van der Waals surface area contributed by atoms with E-state index in [0.29, 0.717) is 22.6 Å². The van der Waals surface area contributed by atoms with Crippen molar-refractivity contribution in [2.45, 2.75) is 41.7 Å². The number of fused-ring (bicyclic) bond motifs is 1. The summed E-state index contributed by atoms with van der Waals surface area (Å²) in [5, 5.41) is 0. The first-order chi connectivity index (χ1) is 16.3. The Kier molecular flexibility index (Phi) is 7.48. The van der Waals surface area contributed by atoms with Crippen molar-refractivity contribution in [3.63, 3.8) is 0 Å². The summed E-state index contributed by atoms with van der Waals surface area (Å²) in [5.74, 6) is -49.7. The zero-order valence-corrected chi connectivity index (χ0v) is 19.1. The lowest BCUT2D eigenvalue weighted by atomic mass is 9.91. The summed E-state index contributed by atoms with van der Waals surface area (Å²) in [6.07, 6.45) is -8.95. The Morgan fingerprint density at radius 3 is 1.38 bits per heavy atom. The summed E-state index contributed by atoms with van der Waals surface area (Å²) in [6.45, 7) is -1.36. The second-order valence-electron chi connectivity index (χ2n) is 7.33. The number of imide groups is 1. The minimum Gasteiger partial charge on any atom is -0.269 e. The molecule has 1 aliphatic heterocycles. The van der Waals surface area contributed by atoms with Gasteiger partial charge in [-0.2, -0.15) is 65.9 Å². The third-order valence-electron chi connectivity index (χ3n) is 4.88. The lowest BCUT2D eigenvalue weighted by Crippen LogP contribution is -2.72. The van der Waals surface area contributed by atoms with Gasteiger partial charge in [0, 0.05) is 9.66 Å². The maximum atomic E-state index is 14.0. The molecule has 0 aliphatic carbocycles. The molecule has 0 radical (unpaired) electrons. The average molecular weight is 681 g/mol. The van der Waals surface area contributed by atoms with E-state index in [0.717, 1.165) is 12.1 Å². The number of allylic oxidation sites excluding steroid dienone is 1. The summed E-state index contributed by atoms with van der Waals surface area (Å²) in [4.78, 5) is 24.4. The lowest BCUT2D eigenvalue weighted by Gasteiger charge is -2.41. The van der Waals surface area contributed by atoms with Crippen LogP contribution in [0, 0.1) is 0 Å². The highest BCUT2D eigenvalue weighted by molar-refractivity contribution is 14.1. The highest BCUT2D eigenvalue weighted by Crippen LogP contribution is 2.62. The quantitative estimate of drug-likeness (QED) is 0.169. The third kappa shape index (κ3) is 4.43. The number of amides is 2. The molecule has 0 fully saturated rings. The van der Waals surface area contributed by atoms with Crippen LogP contribution in [0.1, 0.15) is 20.7 Å². The normalized spacial score (nSPS) is 17.0. The predicted octanol–water partition coefficient (Wildman–Crippen LogP) is 6.98. The van der Waals surface area contributed by atoms with Crippen LogP contribution in [0.15, 0.2) is 33.9 Å². The topological polar surface area (TPSA) is 37.4 Å². The first kappa shape index (κ1) is 31.0. The molecule has 2 rings (SSSR count). The van der Waals surface area contributed by atoms with Gasteiger partial charge in [0.15, 0.2) is 0 Å². The van der Waals surface area contributed by atoms with E-state index >= 15 is 0 Å². The standard InChI is InChI=1S/C18H7F15INO2/c19-12(20,5-7(34)6-35-10(36)8-3-1-2-4-9(8)11(35)37)13(21,22)14(23,24)15(25,26)16(27,28)17(29,30)18(31,32)33/h1-5H,6H2. The van der Waals surface area contributed by atoms with E-state index in [1.807, 2.05) is 0 Å². The van der Waals surface area contributed by atoms with E-state index in [9.17, 15) is 75.4 Å². The van der Waals surface area contributed by atoms with Gasteiger partial charge in [0.2, 0.25) is 0 Å². The van der Waals surface area contributed by atoms with Gasteiger partial charge in [-0.15, -0.1) is 0 Å². The maximum absolute atomic E-state index is 14.0. The summed E-state index contributed by atoms with van der Waals surface area (Å²) in [6, 6.07) is 4.66. The van der Waals surface area contributed by atoms with E-state index in [-0.39, 0.29) is 16.0 Å². The fraction of sp³-hybridized carbons (Fsp3) is 0.444. The van der Waals surface area contributed by atoms with Crippen molar-refractivity contribution < 1.29 is 75.4 Å². The molecule has 2 amide bonds. The Hall–Kier alpha value is -2.22. The van der Waals surface area contributed by atoms with Crippen LogP contribution in [0.25, 0.3) is 0 Å². The van der Waals surface area contributed by atoms with Crippen LogP contribution in [0.3, 0.4) is 0 Å². The predicted molar refractivity (Wildman–Crippen MR) is 99.6 cm³/mol. The molecule has 1 aromatic carbocycles. The zero-order chi connectivity index (χ0) is 29.2. The minimum atomic E-state index is -8.40.